The third-order valence-corrected chi connectivity index (χ3v) is 4.76. The standard InChI is InChI=1S/C21H31N3O8/c1-17-3-5-18(6-4-17)9-19(24(13-31-15-25)14-32-16-26)10-22(2)7-8-23(11-20(27)28)12-21(29)30/h3-6,15-16,19H,7-14H2,1-2H3,(H,27,28)(H,29,30). The number of aliphatic carboxylic acids is 2. The van der Waals surface area contributed by atoms with Crippen LogP contribution in [0.4, 0.5) is 0 Å². The highest BCUT2D eigenvalue weighted by Gasteiger charge is 2.23. The molecule has 11 nitrogen and oxygen atoms in total. The molecule has 0 spiro atoms. The van der Waals surface area contributed by atoms with Crippen LogP contribution in [0.15, 0.2) is 24.3 Å². The van der Waals surface area contributed by atoms with Gasteiger partial charge < -0.3 is 24.6 Å². The summed E-state index contributed by atoms with van der Waals surface area (Å²) in [7, 11) is 1.82. The molecule has 1 unspecified atom stereocenters. The van der Waals surface area contributed by atoms with E-state index in [1.54, 1.807) is 4.90 Å². The molecule has 1 rings (SSSR count). The molecular formula is C21H31N3O8. The first-order chi connectivity index (χ1) is 15.2. The van der Waals surface area contributed by atoms with Crippen molar-refractivity contribution in [2.45, 2.75) is 19.4 Å². The van der Waals surface area contributed by atoms with E-state index in [0.29, 0.717) is 32.5 Å². The predicted octanol–water partition coefficient (Wildman–Crippen LogP) is -0.128. The van der Waals surface area contributed by atoms with Gasteiger partial charge in [0.05, 0.1) is 13.1 Å². The Labute approximate surface area is 187 Å². The molecule has 0 radical (unpaired) electrons. The lowest BCUT2D eigenvalue weighted by molar-refractivity contribution is -0.145. The number of nitrogens with zero attached hydrogens (tertiary/aromatic N) is 3. The number of carboxylic acid groups (broad SMARTS) is 2. The Hall–Kier alpha value is -3.02. The maximum absolute atomic E-state index is 11.0. The molecule has 0 fully saturated rings. The molecule has 1 atom stereocenters. The molecule has 0 aliphatic carbocycles. The van der Waals surface area contributed by atoms with E-state index < -0.39 is 11.9 Å². The summed E-state index contributed by atoms with van der Waals surface area (Å²) < 4.78 is 9.78. The van der Waals surface area contributed by atoms with Gasteiger partial charge in [-0.15, -0.1) is 0 Å². The predicted molar refractivity (Wildman–Crippen MR) is 114 cm³/mol. The zero-order valence-electron chi connectivity index (χ0n) is 18.4. The van der Waals surface area contributed by atoms with Crippen molar-refractivity contribution < 1.29 is 38.9 Å². The van der Waals surface area contributed by atoms with Gasteiger partial charge in [0.1, 0.15) is 13.5 Å². The van der Waals surface area contributed by atoms with Crippen molar-refractivity contribution in [3.8, 4) is 0 Å². The second-order valence-corrected chi connectivity index (χ2v) is 7.48. The quantitative estimate of drug-likeness (QED) is 0.227. The van der Waals surface area contributed by atoms with Gasteiger partial charge in [-0.2, -0.15) is 0 Å². The van der Waals surface area contributed by atoms with Gasteiger partial charge in [0.25, 0.3) is 12.9 Å². The summed E-state index contributed by atoms with van der Waals surface area (Å²) in [5, 5.41) is 18.0. The maximum atomic E-state index is 11.0. The molecule has 0 saturated heterocycles. The molecule has 0 bridgehead atoms. The molecule has 0 heterocycles. The first kappa shape index (κ1) is 27.0. The summed E-state index contributed by atoms with van der Waals surface area (Å²) >= 11 is 0. The first-order valence-electron chi connectivity index (χ1n) is 9.99. The number of benzene rings is 1. The van der Waals surface area contributed by atoms with Gasteiger partial charge in [-0.3, -0.25) is 24.1 Å². The van der Waals surface area contributed by atoms with E-state index in [0.717, 1.165) is 11.1 Å². The molecule has 2 N–H and O–H groups in total. The number of hydrogen-bond acceptors (Lipinski definition) is 9. The van der Waals surface area contributed by atoms with Gasteiger partial charge in [0, 0.05) is 25.7 Å². The van der Waals surface area contributed by atoms with Crippen molar-refractivity contribution in [2.75, 3.05) is 53.2 Å². The van der Waals surface area contributed by atoms with E-state index in [-0.39, 0.29) is 39.1 Å². The highest BCUT2D eigenvalue weighted by Crippen LogP contribution is 2.12. The van der Waals surface area contributed by atoms with Crippen LogP contribution in [0.2, 0.25) is 0 Å². The van der Waals surface area contributed by atoms with Crippen LogP contribution in [0.3, 0.4) is 0 Å². The Morgan fingerprint density at radius 1 is 0.969 bits per heavy atom. The number of carbonyl (C=O) groups excluding carboxylic acids is 2. The summed E-state index contributed by atoms with van der Waals surface area (Å²) in [6, 6.07) is 7.74. The van der Waals surface area contributed by atoms with Crippen molar-refractivity contribution >= 4 is 24.9 Å². The number of ether oxygens (including phenoxy) is 2. The topological polar surface area (TPSA) is 137 Å². The third-order valence-electron chi connectivity index (χ3n) is 4.76. The molecule has 0 saturated carbocycles. The van der Waals surface area contributed by atoms with E-state index in [4.69, 9.17) is 19.7 Å². The summed E-state index contributed by atoms with van der Waals surface area (Å²) in [6.07, 6.45) is 0.572. The smallest absolute Gasteiger partial charge is 0.317 e. The normalized spacial score (nSPS) is 12.0. The molecule has 0 aromatic heterocycles. The Morgan fingerprint density at radius 2 is 1.50 bits per heavy atom. The van der Waals surface area contributed by atoms with Gasteiger partial charge in [-0.25, -0.2) is 4.90 Å². The minimum Gasteiger partial charge on any atom is -0.480 e. The van der Waals surface area contributed by atoms with E-state index in [1.165, 1.54) is 4.90 Å². The number of aryl methyl sites for hydroxylation is 1. The molecule has 32 heavy (non-hydrogen) atoms. The fraction of sp³-hybridized carbons (Fsp3) is 0.524. The van der Waals surface area contributed by atoms with Crippen LogP contribution in [-0.2, 0) is 35.1 Å². The number of carboxylic acids is 2. The lowest BCUT2D eigenvalue weighted by Gasteiger charge is -2.33. The fourth-order valence-electron chi connectivity index (χ4n) is 3.17. The molecule has 178 valence electrons. The zero-order valence-corrected chi connectivity index (χ0v) is 18.4. The van der Waals surface area contributed by atoms with Crippen molar-refractivity contribution in [1.82, 2.24) is 14.7 Å². The monoisotopic (exact) mass is 453 g/mol. The van der Waals surface area contributed by atoms with Gasteiger partial charge in [0.2, 0.25) is 0 Å². The second-order valence-electron chi connectivity index (χ2n) is 7.48. The van der Waals surface area contributed by atoms with Gasteiger partial charge >= 0.3 is 11.9 Å². The van der Waals surface area contributed by atoms with Gasteiger partial charge in [0.15, 0.2) is 0 Å². The van der Waals surface area contributed by atoms with Crippen LogP contribution in [0, 0.1) is 6.92 Å². The number of hydrogen-bond donors (Lipinski definition) is 2. The van der Waals surface area contributed by atoms with Crippen LogP contribution >= 0.6 is 0 Å². The average Bonchev–Trinajstić information content (AvgIpc) is 2.72. The number of likely N-dealkylation sites (N-methyl/N-ethyl adjacent to an activating group) is 1. The minimum absolute atomic E-state index is 0.0775. The SMILES string of the molecule is Cc1ccc(CC(CN(C)CCN(CC(=O)O)CC(=O)O)N(COC=O)COC=O)cc1. The Bertz CT molecular complexity index is 700. The van der Waals surface area contributed by atoms with Crippen LogP contribution in [0.1, 0.15) is 11.1 Å². The largest absolute Gasteiger partial charge is 0.480 e. The molecule has 11 heteroatoms. The van der Waals surface area contributed by atoms with Crippen LogP contribution in [-0.4, -0.2) is 109 Å². The number of carbonyl (C=O) groups is 4. The average molecular weight is 453 g/mol. The third kappa shape index (κ3) is 11.4. The fourth-order valence-corrected chi connectivity index (χ4v) is 3.17. The zero-order chi connectivity index (χ0) is 23.9. The second kappa shape index (κ2) is 14.9. The molecule has 0 amide bonds. The van der Waals surface area contributed by atoms with E-state index in [2.05, 4.69) is 0 Å². The highest BCUT2D eigenvalue weighted by atomic mass is 16.6. The molecule has 1 aromatic carbocycles. The first-order valence-corrected chi connectivity index (χ1v) is 9.99. The van der Waals surface area contributed by atoms with Crippen LogP contribution < -0.4 is 0 Å². The summed E-state index contributed by atoms with van der Waals surface area (Å²) in [6.45, 7) is 2.82. The molecule has 0 aliphatic heterocycles. The molecule has 0 aliphatic rings. The van der Waals surface area contributed by atoms with Crippen molar-refractivity contribution in [3.63, 3.8) is 0 Å². The number of rotatable bonds is 18. The Balaban J connectivity index is 2.89. The summed E-state index contributed by atoms with van der Waals surface area (Å²) in [4.78, 5) is 48.3. The van der Waals surface area contributed by atoms with E-state index >= 15 is 0 Å². The maximum Gasteiger partial charge on any atom is 0.317 e. The summed E-state index contributed by atoms with van der Waals surface area (Å²) in [5.74, 6) is -2.20. The van der Waals surface area contributed by atoms with Gasteiger partial charge in [-0.05, 0) is 26.0 Å². The Kier molecular flexibility index (Phi) is 12.6. The van der Waals surface area contributed by atoms with E-state index in [1.807, 2.05) is 43.1 Å². The summed E-state index contributed by atoms with van der Waals surface area (Å²) in [5.41, 5.74) is 2.15. The van der Waals surface area contributed by atoms with Crippen LogP contribution in [0.5, 0.6) is 0 Å². The highest BCUT2D eigenvalue weighted by molar-refractivity contribution is 5.72. The van der Waals surface area contributed by atoms with Gasteiger partial charge in [-0.1, -0.05) is 29.8 Å². The molecule has 1 aromatic rings. The molecular weight excluding hydrogens is 422 g/mol. The lowest BCUT2D eigenvalue weighted by atomic mass is 10.0. The Morgan fingerprint density at radius 3 is 1.97 bits per heavy atom. The van der Waals surface area contributed by atoms with Crippen molar-refractivity contribution in [1.29, 1.82) is 0 Å². The van der Waals surface area contributed by atoms with Crippen molar-refractivity contribution in [2.24, 2.45) is 0 Å². The lowest BCUT2D eigenvalue weighted by Crippen LogP contribution is -2.48. The van der Waals surface area contributed by atoms with Crippen molar-refractivity contribution in [3.05, 3.63) is 35.4 Å². The minimum atomic E-state index is -1.10. The van der Waals surface area contributed by atoms with E-state index in [9.17, 15) is 19.2 Å². The van der Waals surface area contributed by atoms with Crippen LogP contribution in [0.25, 0.3) is 0 Å².